The summed E-state index contributed by atoms with van der Waals surface area (Å²) in [5, 5.41) is 5.90. The first-order chi connectivity index (χ1) is 10.3. The number of nitrogens with one attached hydrogen (secondary N) is 2. The first-order valence-electron chi connectivity index (χ1n) is 8.03. The predicted octanol–water partition coefficient (Wildman–Crippen LogP) is 2.37. The molecule has 22 heavy (non-hydrogen) atoms. The first-order valence-corrected chi connectivity index (χ1v) is 8.03. The third kappa shape index (κ3) is 7.11. The number of alkyl carbamates (subject to hydrolysis) is 1. The molecule has 1 saturated carbocycles. The second-order valence-electron chi connectivity index (χ2n) is 6.99. The van der Waals surface area contributed by atoms with Gasteiger partial charge in [0.2, 0.25) is 5.91 Å². The molecule has 0 aromatic heterocycles. The lowest BCUT2D eigenvalue weighted by Gasteiger charge is -2.38. The lowest BCUT2D eigenvalue weighted by Crippen LogP contribution is -2.57. The Kier molecular flexibility index (Phi) is 7.13. The van der Waals surface area contributed by atoms with Crippen molar-refractivity contribution in [2.75, 3.05) is 20.3 Å². The summed E-state index contributed by atoms with van der Waals surface area (Å²) in [5.41, 5.74) is -0.926. The van der Waals surface area contributed by atoms with Gasteiger partial charge in [0.1, 0.15) is 5.60 Å². The summed E-state index contributed by atoms with van der Waals surface area (Å²) in [6, 6.07) is 0. The molecule has 1 rings (SSSR count). The molecule has 0 heterocycles. The highest BCUT2D eigenvalue weighted by atomic mass is 16.6. The van der Waals surface area contributed by atoms with E-state index in [1.54, 1.807) is 7.11 Å². The summed E-state index contributed by atoms with van der Waals surface area (Å²) in [6.45, 7) is 6.36. The molecular formula is C16H30N2O4. The number of methoxy groups -OCH3 is 1. The van der Waals surface area contributed by atoms with E-state index < -0.39 is 17.2 Å². The number of hydrogen-bond donors (Lipinski definition) is 2. The van der Waals surface area contributed by atoms with E-state index >= 15 is 0 Å². The molecule has 1 aliphatic rings. The van der Waals surface area contributed by atoms with Crippen molar-refractivity contribution in [3.63, 3.8) is 0 Å². The van der Waals surface area contributed by atoms with Gasteiger partial charge in [-0.25, -0.2) is 4.79 Å². The molecule has 1 aliphatic carbocycles. The lowest BCUT2D eigenvalue weighted by molar-refractivity contribution is -0.122. The van der Waals surface area contributed by atoms with Crippen LogP contribution in [0.1, 0.15) is 59.3 Å². The highest BCUT2D eigenvalue weighted by Crippen LogP contribution is 2.28. The number of hydrogen-bond acceptors (Lipinski definition) is 4. The molecule has 0 aromatic carbocycles. The molecule has 128 valence electrons. The van der Waals surface area contributed by atoms with Crippen LogP contribution in [0.3, 0.4) is 0 Å². The van der Waals surface area contributed by atoms with Crippen LogP contribution in [-0.4, -0.2) is 43.4 Å². The van der Waals surface area contributed by atoms with Crippen molar-refractivity contribution in [3.8, 4) is 0 Å². The molecule has 6 nitrogen and oxygen atoms in total. The Labute approximate surface area is 133 Å². The first kappa shape index (κ1) is 18.7. The van der Waals surface area contributed by atoms with Crippen molar-refractivity contribution < 1.29 is 19.1 Å². The van der Waals surface area contributed by atoms with E-state index in [0.717, 1.165) is 32.1 Å². The minimum Gasteiger partial charge on any atom is -0.444 e. The van der Waals surface area contributed by atoms with E-state index in [1.807, 2.05) is 20.8 Å². The summed E-state index contributed by atoms with van der Waals surface area (Å²) >= 11 is 0. The van der Waals surface area contributed by atoms with Crippen molar-refractivity contribution in [2.24, 2.45) is 0 Å². The molecule has 0 spiro atoms. The van der Waals surface area contributed by atoms with Gasteiger partial charge in [0.15, 0.2) is 0 Å². The molecule has 0 bridgehead atoms. The molecule has 0 aliphatic heterocycles. The van der Waals surface area contributed by atoms with Crippen molar-refractivity contribution in [2.45, 2.75) is 70.4 Å². The number of amides is 2. The minimum atomic E-state index is -0.526. The molecule has 1 fully saturated rings. The highest BCUT2D eigenvalue weighted by Gasteiger charge is 2.35. The molecule has 0 radical (unpaired) electrons. The standard InChI is InChI=1S/C16H30N2O4/c1-15(2,3)22-14(20)18-16(9-6-5-7-10-16)12-17-13(19)8-11-21-4/h5-12H2,1-4H3,(H,17,19)(H,18,20). The Balaban J connectivity index is 2.58. The second-order valence-corrected chi connectivity index (χ2v) is 6.99. The van der Waals surface area contributed by atoms with E-state index in [1.165, 1.54) is 0 Å². The van der Waals surface area contributed by atoms with Crippen molar-refractivity contribution in [1.29, 1.82) is 0 Å². The Morgan fingerprint density at radius 1 is 1.14 bits per heavy atom. The number of rotatable bonds is 6. The van der Waals surface area contributed by atoms with Gasteiger partial charge in [-0.15, -0.1) is 0 Å². The zero-order valence-electron chi connectivity index (χ0n) is 14.3. The van der Waals surface area contributed by atoms with Crippen LogP contribution in [0.4, 0.5) is 4.79 Å². The van der Waals surface area contributed by atoms with Gasteiger partial charge < -0.3 is 20.1 Å². The Bertz CT molecular complexity index is 371. The van der Waals surface area contributed by atoms with Crippen molar-refractivity contribution in [3.05, 3.63) is 0 Å². The molecule has 0 atom stereocenters. The maximum absolute atomic E-state index is 12.1. The molecule has 2 amide bonds. The largest absolute Gasteiger partial charge is 0.444 e. The molecule has 2 N–H and O–H groups in total. The minimum absolute atomic E-state index is 0.0576. The van der Waals surface area contributed by atoms with E-state index in [-0.39, 0.29) is 5.91 Å². The highest BCUT2D eigenvalue weighted by molar-refractivity contribution is 5.76. The summed E-state index contributed by atoms with van der Waals surface area (Å²) in [6.07, 6.45) is 4.88. The quantitative estimate of drug-likeness (QED) is 0.789. The van der Waals surface area contributed by atoms with Crippen LogP contribution in [-0.2, 0) is 14.3 Å². The van der Waals surface area contributed by atoms with E-state index in [4.69, 9.17) is 9.47 Å². The maximum Gasteiger partial charge on any atom is 0.408 e. The van der Waals surface area contributed by atoms with Crippen LogP contribution in [0.5, 0.6) is 0 Å². The second kappa shape index (κ2) is 8.36. The Morgan fingerprint density at radius 3 is 2.32 bits per heavy atom. The van der Waals surface area contributed by atoms with Gasteiger partial charge >= 0.3 is 6.09 Å². The summed E-state index contributed by atoms with van der Waals surface area (Å²) < 4.78 is 10.3. The van der Waals surface area contributed by atoms with Crippen LogP contribution >= 0.6 is 0 Å². The number of carbonyl (C=O) groups excluding carboxylic acids is 2. The van der Waals surface area contributed by atoms with Crippen LogP contribution in [0.15, 0.2) is 0 Å². The normalized spacial score (nSPS) is 17.6. The average molecular weight is 314 g/mol. The fraction of sp³-hybridized carbons (Fsp3) is 0.875. The molecule has 0 aromatic rings. The fourth-order valence-electron chi connectivity index (χ4n) is 2.65. The average Bonchev–Trinajstić information content (AvgIpc) is 2.42. The van der Waals surface area contributed by atoms with Crippen LogP contribution < -0.4 is 10.6 Å². The molecule has 0 unspecified atom stereocenters. The summed E-state index contributed by atoms with van der Waals surface area (Å²) in [4.78, 5) is 23.8. The summed E-state index contributed by atoms with van der Waals surface area (Å²) in [5.74, 6) is -0.0576. The van der Waals surface area contributed by atoms with Gasteiger partial charge in [0, 0.05) is 20.1 Å². The van der Waals surface area contributed by atoms with Crippen molar-refractivity contribution in [1.82, 2.24) is 10.6 Å². The van der Waals surface area contributed by atoms with Crippen LogP contribution in [0, 0.1) is 0 Å². The van der Waals surface area contributed by atoms with E-state index in [9.17, 15) is 9.59 Å². The molecule has 0 saturated heterocycles. The summed E-state index contributed by atoms with van der Waals surface area (Å²) in [7, 11) is 1.57. The predicted molar refractivity (Wildman–Crippen MR) is 84.7 cm³/mol. The van der Waals surface area contributed by atoms with E-state index in [2.05, 4.69) is 10.6 Å². The lowest BCUT2D eigenvalue weighted by atomic mass is 9.81. The van der Waals surface area contributed by atoms with Crippen LogP contribution in [0.2, 0.25) is 0 Å². The molecular weight excluding hydrogens is 284 g/mol. The molecule has 6 heteroatoms. The zero-order chi connectivity index (χ0) is 16.6. The third-order valence-electron chi connectivity index (χ3n) is 3.73. The Morgan fingerprint density at radius 2 is 1.77 bits per heavy atom. The smallest absolute Gasteiger partial charge is 0.408 e. The SMILES string of the molecule is COCCC(=O)NCC1(NC(=O)OC(C)(C)C)CCCCC1. The monoisotopic (exact) mass is 314 g/mol. The number of ether oxygens (including phenoxy) is 2. The fourth-order valence-corrected chi connectivity index (χ4v) is 2.65. The van der Waals surface area contributed by atoms with Crippen molar-refractivity contribution >= 4 is 12.0 Å². The third-order valence-corrected chi connectivity index (χ3v) is 3.73. The van der Waals surface area contributed by atoms with Gasteiger partial charge in [-0.1, -0.05) is 19.3 Å². The van der Waals surface area contributed by atoms with Gasteiger partial charge in [0.05, 0.1) is 12.1 Å². The Hall–Kier alpha value is -1.30. The maximum atomic E-state index is 12.1. The van der Waals surface area contributed by atoms with Gasteiger partial charge in [-0.3, -0.25) is 4.79 Å². The van der Waals surface area contributed by atoms with Gasteiger partial charge in [-0.2, -0.15) is 0 Å². The zero-order valence-corrected chi connectivity index (χ0v) is 14.3. The van der Waals surface area contributed by atoms with Gasteiger partial charge in [0.25, 0.3) is 0 Å². The van der Waals surface area contributed by atoms with E-state index in [0.29, 0.717) is 19.6 Å². The van der Waals surface area contributed by atoms with Gasteiger partial charge in [-0.05, 0) is 33.6 Å². The number of carbonyl (C=O) groups is 2. The van der Waals surface area contributed by atoms with Crippen LogP contribution in [0.25, 0.3) is 0 Å². The topological polar surface area (TPSA) is 76.7 Å².